The third-order valence-corrected chi connectivity index (χ3v) is 5.26. The summed E-state index contributed by atoms with van der Waals surface area (Å²) in [6.07, 6.45) is 2.89. The van der Waals surface area contributed by atoms with E-state index in [1.54, 1.807) is 0 Å². The maximum atomic E-state index is 11.4. The molecule has 4 unspecified atom stereocenters. The van der Waals surface area contributed by atoms with E-state index in [4.69, 9.17) is 18.9 Å². The van der Waals surface area contributed by atoms with Crippen molar-refractivity contribution < 1.29 is 34.0 Å². The molecule has 1 fully saturated rings. The molecule has 1 aliphatic carbocycles. The van der Waals surface area contributed by atoms with Gasteiger partial charge in [-0.2, -0.15) is 0 Å². The fourth-order valence-electron chi connectivity index (χ4n) is 3.42. The van der Waals surface area contributed by atoms with Crippen molar-refractivity contribution in [3.05, 3.63) is 0 Å². The Labute approximate surface area is 169 Å². The number of hydrogen-bond acceptors (Lipinski definition) is 7. The summed E-state index contributed by atoms with van der Waals surface area (Å²) >= 11 is 0. The average Bonchev–Trinajstić information content (AvgIpc) is 2.67. The second-order valence-electron chi connectivity index (χ2n) is 7.58. The Morgan fingerprint density at radius 3 is 2.14 bits per heavy atom. The number of aliphatic hydroxyl groups excluding tert-OH is 1. The van der Waals surface area contributed by atoms with Gasteiger partial charge in [-0.05, 0) is 19.3 Å². The van der Waals surface area contributed by atoms with Crippen molar-refractivity contribution in [2.24, 2.45) is 5.92 Å². The smallest absolute Gasteiger partial charge is 0.303 e. The van der Waals surface area contributed by atoms with Crippen LogP contribution in [0.4, 0.5) is 0 Å². The molecule has 0 radical (unpaired) electrons. The van der Waals surface area contributed by atoms with E-state index in [0.717, 1.165) is 38.5 Å². The summed E-state index contributed by atoms with van der Waals surface area (Å²) in [5, 5.41) is 22.0. The molecule has 2 N–H and O–H groups in total. The first kappa shape index (κ1) is 25.3. The Morgan fingerprint density at radius 2 is 1.57 bits per heavy atom. The van der Waals surface area contributed by atoms with Crippen molar-refractivity contribution in [2.45, 2.75) is 90.1 Å². The van der Waals surface area contributed by atoms with Gasteiger partial charge < -0.3 is 29.2 Å². The van der Waals surface area contributed by atoms with E-state index in [-0.39, 0.29) is 13.2 Å². The lowest BCUT2D eigenvalue weighted by Crippen LogP contribution is -2.77. The van der Waals surface area contributed by atoms with Gasteiger partial charge in [-0.25, -0.2) is 0 Å². The molecule has 0 amide bonds. The van der Waals surface area contributed by atoms with Crippen LogP contribution in [0.2, 0.25) is 0 Å². The van der Waals surface area contributed by atoms with Gasteiger partial charge in [-0.3, -0.25) is 4.79 Å². The molecule has 0 aromatic heterocycles. The molecule has 0 heterocycles. The van der Waals surface area contributed by atoms with E-state index in [0.29, 0.717) is 19.8 Å². The van der Waals surface area contributed by atoms with Gasteiger partial charge in [0.05, 0.1) is 19.1 Å². The number of esters is 1. The van der Waals surface area contributed by atoms with E-state index in [9.17, 15) is 15.0 Å². The van der Waals surface area contributed by atoms with Crippen LogP contribution in [0.1, 0.15) is 66.2 Å². The van der Waals surface area contributed by atoms with Gasteiger partial charge in [-0.1, -0.05) is 40.0 Å². The van der Waals surface area contributed by atoms with Crippen molar-refractivity contribution in [3.63, 3.8) is 0 Å². The number of unbranched alkanes of at least 4 members (excludes halogenated alkanes) is 3. The van der Waals surface area contributed by atoms with Crippen LogP contribution in [0.15, 0.2) is 0 Å². The number of aliphatic hydroxyl groups is 2. The van der Waals surface area contributed by atoms with Crippen molar-refractivity contribution in [1.82, 2.24) is 0 Å². The molecule has 5 atom stereocenters. The number of carbonyl (C=O) groups is 1. The van der Waals surface area contributed by atoms with E-state index in [1.165, 1.54) is 6.92 Å². The zero-order valence-corrected chi connectivity index (χ0v) is 18.0. The van der Waals surface area contributed by atoms with Crippen LogP contribution in [0, 0.1) is 5.92 Å². The molecule has 7 nitrogen and oxygen atoms in total. The van der Waals surface area contributed by atoms with Crippen LogP contribution in [0.25, 0.3) is 0 Å². The summed E-state index contributed by atoms with van der Waals surface area (Å²) in [5.74, 6) is -1.06. The summed E-state index contributed by atoms with van der Waals surface area (Å²) < 4.78 is 22.6. The molecule has 28 heavy (non-hydrogen) atoms. The molecule has 1 saturated carbocycles. The highest BCUT2D eigenvalue weighted by Gasteiger charge is 2.67. The minimum atomic E-state index is -1.58. The molecule has 7 heteroatoms. The van der Waals surface area contributed by atoms with E-state index < -0.39 is 35.8 Å². The molecule has 0 aromatic rings. The summed E-state index contributed by atoms with van der Waals surface area (Å²) in [6.45, 7) is 9.46. The van der Waals surface area contributed by atoms with E-state index >= 15 is 0 Å². The fraction of sp³-hybridized carbons (Fsp3) is 0.952. The second kappa shape index (κ2) is 13.5. The minimum Gasteiger partial charge on any atom is -0.459 e. The Bertz CT molecular complexity index is 431. The van der Waals surface area contributed by atoms with Crippen LogP contribution >= 0.6 is 0 Å². The molecule has 0 saturated heterocycles. The topological polar surface area (TPSA) is 94.5 Å². The van der Waals surface area contributed by atoms with Crippen molar-refractivity contribution in [1.29, 1.82) is 0 Å². The fourth-order valence-corrected chi connectivity index (χ4v) is 3.42. The molecule has 0 aliphatic heterocycles. The number of ether oxygens (including phenoxy) is 4. The normalized spacial score (nSPS) is 28.0. The lowest BCUT2D eigenvalue weighted by Gasteiger charge is -2.57. The van der Waals surface area contributed by atoms with Crippen LogP contribution < -0.4 is 0 Å². The predicted molar refractivity (Wildman–Crippen MR) is 106 cm³/mol. The second-order valence-corrected chi connectivity index (χ2v) is 7.58. The highest BCUT2D eigenvalue weighted by molar-refractivity contribution is 5.66. The number of carbonyl (C=O) groups excluding carboxylic acids is 1. The lowest BCUT2D eigenvalue weighted by atomic mass is 9.61. The Balaban J connectivity index is 2.86. The monoisotopic (exact) mass is 404 g/mol. The van der Waals surface area contributed by atoms with Gasteiger partial charge in [-0.15, -0.1) is 0 Å². The molecule has 1 rings (SSSR count). The van der Waals surface area contributed by atoms with Gasteiger partial charge in [0.2, 0.25) is 0 Å². The van der Waals surface area contributed by atoms with Crippen LogP contribution in [0.5, 0.6) is 0 Å². The first-order valence-electron chi connectivity index (χ1n) is 10.8. The van der Waals surface area contributed by atoms with Gasteiger partial charge in [0.15, 0.2) is 0 Å². The molecular formula is C21H40O7. The first-order chi connectivity index (χ1) is 13.4. The van der Waals surface area contributed by atoms with Crippen LogP contribution in [-0.4, -0.2) is 73.1 Å². The van der Waals surface area contributed by atoms with Gasteiger partial charge in [0.1, 0.15) is 23.9 Å². The van der Waals surface area contributed by atoms with Crippen molar-refractivity contribution in [3.8, 4) is 0 Å². The van der Waals surface area contributed by atoms with E-state index in [1.807, 2.05) is 0 Å². The first-order valence-corrected chi connectivity index (χ1v) is 10.8. The standard InChI is InChI=1S/C21H40O7/c1-5-8-11-25-14-17-19(28-16(4)22)20(23)21(17,24)18(27-13-10-7-3)15-26-12-9-6-2/h17-20,23-24H,5-15H2,1-4H3/t17?,18?,19-,20?,21?/m1/s1. The van der Waals surface area contributed by atoms with Gasteiger partial charge >= 0.3 is 5.97 Å². The Morgan fingerprint density at radius 1 is 1.00 bits per heavy atom. The number of rotatable bonds is 16. The Kier molecular flexibility index (Phi) is 12.2. The Hall–Kier alpha value is -0.730. The molecule has 1 aliphatic rings. The quantitative estimate of drug-likeness (QED) is 0.301. The SMILES string of the molecule is CCCCOCC(OCCCC)C1(O)C(O)[C@H](OC(C)=O)C1COCCCC. The zero-order chi connectivity index (χ0) is 21.0. The zero-order valence-electron chi connectivity index (χ0n) is 18.0. The maximum Gasteiger partial charge on any atom is 0.303 e. The van der Waals surface area contributed by atoms with Crippen molar-refractivity contribution in [2.75, 3.05) is 33.0 Å². The third-order valence-electron chi connectivity index (χ3n) is 5.26. The van der Waals surface area contributed by atoms with Crippen LogP contribution in [0.3, 0.4) is 0 Å². The highest BCUT2D eigenvalue weighted by atomic mass is 16.6. The van der Waals surface area contributed by atoms with Crippen LogP contribution in [-0.2, 0) is 23.7 Å². The molecule has 0 bridgehead atoms. The third kappa shape index (κ3) is 6.95. The lowest BCUT2D eigenvalue weighted by molar-refractivity contribution is -0.317. The maximum absolute atomic E-state index is 11.4. The number of hydrogen-bond donors (Lipinski definition) is 2. The summed E-state index contributed by atoms with van der Waals surface area (Å²) in [6, 6.07) is 0. The van der Waals surface area contributed by atoms with Gasteiger partial charge in [0, 0.05) is 26.7 Å². The van der Waals surface area contributed by atoms with Crippen molar-refractivity contribution >= 4 is 5.97 Å². The van der Waals surface area contributed by atoms with E-state index in [2.05, 4.69) is 20.8 Å². The summed E-state index contributed by atoms with van der Waals surface area (Å²) in [5.41, 5.74) is -1.58. The van der Waals surface area contributed by atoms with Gasteiger partial charge in [0.25, 0.3) is 0 Å². The molecule has 166 valence electrons. The summed E-state index contributed by atoms with van der Waals surface area (Å²) in [4.78, 5) is 11.4. The average molecular weight is 405 g/mol. The molecular weight excluding hydrogens is 364 g/mol. The largest absolute Gasteiger partial charge is 0.459 e. The predicted octanol–water partition coefficient (Wildman–Crippen LogP) is 2.46. The molecule has 0 spiro atoms. The minimum absolute atomic E-state index is 0.176. The highest BCUT2D eigenvalue weighted by Crippen LogP contribution is 2.45. The summed E-state index contributed by atoms with van der Waals surface area (Å²) in [7, 11) is 0. The molecule has 0 aromatic carbocycles.